The molecule has 1 N–H and O–H groups in total. The van der Waals surface area contributed by atoms with Crippen LogP contribution >= 0.6 is 0 Å². The Hall–Kier alpha value is -1.43. The van der Waals surface area contributed by atoms with E-state index in [1.807, 2.05) is 39.0 Å². The first-order chi connectivity index (χ1) is 11.4. The number of aliphatic hydroxyl groups excluding tert-OH is 1. The Morgan fingerprint density at radius 3 is 2.67 bits per heavy atom. The highest BCUT2D eigenvalue weighted by molar-refractivity contribution is 6.01. The van der Waals surface area contributed by atoms with E-state index in [1.54, 1.807) is 0 Å². The van der Waals surface area contributed by atoms with E-state index in [2.05, 4.69) is 29.1 Å². The van der Waals surface area contributed by atoms with Crippen molar-refractivity contribution in [3.63, 3.8) is 0 Å². The lowest BCUT2D eigenvalue weighted by atomic mass is 10.0. The van der Waals surface area contributed by atoms with Crippen molar-refractivity contribution >= 4 is 5.71 Å². The van der Waals surface area contributed by atoms with Gasteiger partial charge in [0, 0.05) is 19.5 Å². The van der Waals surface area contributed by atoms with E-state index in [9.17, 15) is 5.11 Å². The van der Waals surface area contributed by atoms with E-state index in [-0.39, 0.29) is 11.7 Å². The average Bonchev–Trinajstić information content (AvgIpc) is 3.01. The first-order valence-electron chi connectivity index (χ1n) is 8.70. The third-order valence-corrected chi connectivity index (χ3v) is 3.93. The molecule has 0 saturated heterocycles. The standard InChI is InChI=1S/C19H30N2O3/c1-5-21(12-16(22)14-23-19(2,3)4)13-17-11-18(20-24-17)15-9-7-6-8-10-15/h6-10,16-17,22H,5,11-14H2,1-4H3/t16-,17+/m0/s1. The summed E-state index contributed by atoms with van der Waals surface area (Å²) < 4.78 is 5.65. The zero-order valence-corrected chi connectivity index (χ0v) is 15.2. The second-order valence-electron chi connectivity index (χ2n) is 7.26. The number of likely N-dealkylation sites (N-methyl/N-ethyl adjacent to an activating group) is 1. The quantitative estimate of drug-likeness (QED) is 0.794. The van der Waals surface area contributed by atoms with Crippen LogP contribution in [0.3, 0.4) is 0 Å². The Labute approximate surface area is 145 Å². The normalized spacial score (nSPS) is 19.2. The lowest BCUT2D eigenvalue weighted by molar-refractivity contribution is -0.0588. The second-order valence-corrected chi connectivity index (χ2v) is 7.26. The third kappa shape index (κ3) is 6.23. The first kappa shape index (κ1) is 18.9. The maximum Gasteiger partial charge on any atom is 0.145 e. The van der Waals surface area contributed by atoms with E-state index in [0.717, 1.165) is 30.8 Å². The molecule has 0 unspecified atom stereocenters. The van der Waals surface area contributed by atoms with Gasteiger partial charge in [0.2, 0.25) is 0 Å². The zero-order chi connectivity index (χ0) is 17.6. The van der Waals surface area contributed by atoms with Crippen molar-refractivity contribution < 1.29 is 14.7 Å². The Morgan fingerprint density at radius 1 is 1.33 bits per heavy atom. The SMILES string of the molecule is CCN(C[C@H](O)COC(C)(C)C)C[C@H]1CC(c2ccccc2)=NO1. The molecule has 1 aromatic rings. The molecular weight excluding hydrogens is 304 g/mol. The molecule has 0 bridgehead atoms. The summed E-state index contributed by atoms with van der Waals surface area (Å²) in [6, 6.07) is 10.1. The van der Waals surface area contributed by atoms with E-state index >= 15 is 0 Å². The second kappa shape index (κ2) is 8.60. The van der Waals surface area contributed by atoms with Gasteiger partial charge in [-0.1, -0.05) is 42.4 Å². The van der Waals surface area contributed by atoms with E-state index in [1.165, 1.54) is 0 Å². The predicted octanol–water partition coefficient (Wildman–Crippen LogP) is 2.68. The fraction of sp³-hybridized carbons (Fsp3) is 0.632. The molecule has 134 valence electrons. The summed E-state index contributed by atoms with van der Waals surface area (Å²) in [6.07, 6.45) is 0.339. The minimum Gasteiger partial charge on any atom is -0.390 e. The number of hydrogen-bond acceptors (Lipinski definition) is 5. The summed E-state index contributed by atoms with van der Waals surface area (Å²) in [5, 5.41) is 14.4. The number of rotatable bonds is 8. The van der Waals surface area contributed by atoms with E-state index < -0.39 is 6.10 Å². The molecule has 0 fully saturated rings. The van der Waals surface area contributed by atoms with Gasteiger partial charge in [-0.2, -0.15) is 0 Å². The van der Waals surface area contributed by atoms with Crippen LogP contribution in [-0.4, -0.2) is 59.8 Å². The van der Waals surface area contributed by atoms with E-state index in [0.29, 0.717) is 13.2 Å². The van der Waals surface area contributed by atoms with Gasteiger partial charge >= 0.3 is 0 Å². The Balaban J connectivity index is 1.78. The Kier molecular flexibility index (Phi) is 6.78. The molecule has 2 atom stereocenters. The summed E-state index contributed by atoms with van der Waals surface area (Å²) in [5.74, 6) is 0. The average molecular weight is 334 g/mol. The molecule has 1 heterocycles. The van der Waals surface area contributed by atoms with Gasteiger partial charge in [0.1, 0.15) is 6.10 Å². The fourth-order valence-corrected chi connectivity index (χ4v) is 2.64. The smallest absolute Gasteiger partial charge is 0.145 e. The Morgan fingerprint density at radius 2 is 2.04 bits per heavy atom. The van der Waals surface area contributed by atoms with Crippen molar-refractivity contribution in [2.24, 2.45) is 5.16 Å². The lowest BCUT2D eigenvalue weighted by Gasteiger charge is -2.27. The van der Waals surface area contributed by atoms with Crippen LogP contribution < -0.4 is 0 Å². The molecule has 5 nitrogen and oxygen atoms in total. The molecule has 2 rings (SSSR count). The number of hydrogen-bond donors (Lipinski definition) is 1. The summed E-state index contributed by atoms with van der Waals surface area (Å²) in [6.45, 7) is 10.6. The molecule has 0 saturated carbocycles. The maximum absolute atomic E-state index is 10.2. The van der Waals surface area contributed by atoms with Gasteiger partial charge in [-0.3, -0.25) is 4.90 Å². The molecule has 0 aromatic heterocycles. The fourth-order valence-electron chi connectivity index (χ4n) is 2.64. The zero-order valence-electron chi connectivity index (χ0n) is 15.2. The van der Waals surface area contributed by atoms with Crippen LogP contribution in [0.15, 0.2) is 35.5 Å². The lowest BCUT2D eigenvalue weighted by Crippen LogP contribution is -2.40. The van der Waals surface area contributed by atoms with Gasteiger partial charge in [-0.25, -0.2) is 0 Å². The van der Waals surface area contributed by atoms with Gasteiger partial charge in [0.25, 0.3) is 0 Å². The van der Waals surface area contributed by atoms with Crippen molar-refractivity contribution in [3.05, 3.63) is 35.9 Å². The van der Waals surface area contributed by atoms with Crippen molar-refractivity contribution in [1.82, 2.24) is 4.90 Å². The van der Waals surface area contributed by atoms with Crippen molar-refractivity contribution in [3.8, 4) is 0 Å². The topological polar surface area (TPSA) is 54.3 Å². The minimum absolute atomic E-state index is 0.0379. The predicted molar refractivity (Wildman–Crippen MR) is 96.3 cm³/mol. The van der Waals surface area contributed by atoms with Crippen molar-refractivity contribution in [2.45, 2.75) is 51.9 Å². The van der Waals surface area contributed by atoms with Crippen LogP contribution in [-0.2, 0) is 9.57 Å². The number of benzene rings is 1. The summed E-state index contributed by atoms with van der Waals surface area (Å²) in [7, 11) is 0. The molecule has 1 aliphatic rings. The van der Waals surface area contributed by atoms with Crippen LogP contribution in [0, 0.1) is 0 Å². The van der Waals surface area contributed by atoms with Crippen LogP contribution in [0.1, 0.15) is 39.7 Å². The number of aliphatic hydroxyl groups is 1. The number of ether oxygens (including phenoxy) is 1. The van der Waals surface area contributed by atoms with Gasteiger partial charge in [0.05, 0.1) is 24.0 Å². The molecule has 0 radical (unpaired) electrons. The van der Waals surface area contributed by atoms with Gasteiger partial charge in [-0.15, -0.1) is 0 Å². The molecular formula is C19H30N2O3. The monoisotopic (exact) mass is 334 g/mol. The van der Waals surface area contributed by atoms with Crippen LogP contribution in [0.5, 0.6) is 0 Å². The highest BCUT2D eigenvalue weighted by Crippen LogP contribution is 2.17. The van der Waals surface area contributed by atoms with Crippen molar-refractivity contribution in [1.29, 1.82) is 0 Å². The van der Waals surface area contributed by atoms with Crippen molar-refractivity contribution in [2.75, 3.05) is 26.2 Å². The largest absolute Gasteiger partial charge is 0.390 e. The first-order valence-corrected chi connectivity index (χ1v) is 8.70. The minimum atomic E-state index is -0.500. The summed E-state index contributed by atoms with van der Waals surface area (Å²) >= 11 is 0. The van der Waals surface area contributed by atoms with Gasteiger partial charge < -0.3 is 14.7 Å². The number of nitrogens with zero attached hydrogens (tertiary/aromatic N) is 2. The van der Waals surface area contributed by atoms with Gasteiger partial charge in [-0.05, 0) is 32.9 Å². The molecule has 1 aromatic carbocycles. The molecule has 5 heteroatoms. The highest BCUT2D eigenvalue weighted by Gasteiger charge is 2.25. The molecule has 24 heavy (non-hydrogen) atoms. The highest BCUT2D eigenvalue weighted by atomic mass is 16.6. The third-order valence-electron chi connectivity index (χ3n) is 3.93. The number of oxime groups is 1. The molecule has 0 aliphatic carbocycles. The molecule has 0 spiro atoms. The maximum atomic E-state index is 10.2. The molecule has 1 aliphatic heterocycles. The van der Waals surface area contributed by atoms with Crippen LogP contribution in [0.25, 0.3) is 0 Å². The summed E-state index contributed by atoms with van der Waals surface area (Å²) in [5.41, 5.74) is 1.88. The summed E-state index contributed by atoms with van der Waals surface area (Å²) in [4.78, 5) is 7.77. The van der Waals surface area contributed by atoms with E-state index in [4.69, 9.17) is 9.57 Å². The molecule has 0 amide bonds. The van der Waals surface area contributed by atoms with Gasteiger partial charge in [0.15, 0.2) is 0 Å². The Bertz CT molecular complexity index is 525. The van der Waals surface area contributed by atoms with Crippen LogP contribution in [0.4, 0.5) is 0 Å². The van der Waals surface area contributed by atoms with Crippen LogP contribution in [0.2, 0.25) is 0 Å².